The van der Waals surface area contributed by atoms with Gasteiger partial charge in [-0.25, -0.2) is 0 Å². The Morgan fingerprint density at radius 2 is 1.83 bits per heavy atom. The number of allylic oxidation sites excluding steroid dienone is 1. The van der Waals surface area contributed by atoms with Gasteiger partial charge in [-0.05, 0) is 91.6 Å². The topological polar surface area (TPSA) is 52.5 Å². The Bertz CT molecular complexity index is 734. The van der Waals surface area contributed by atoms with Crippen LogP contribution >= 0.6 is 0 Å². The summed E-state index contributed by atoms with van der Waals surface area (Å²) in [6.45, 7) is 11.5. The highest BCUT2D eigenvalue weighted by Gasteiger charge is 2.56. The van der Waals surface area contributed by atoms with Crippen LogP contribution in [-0.2, 0) is 6.54 Å². The molecule has 0 radical (unpaired) electrons. The largest absolute Gasteiger partial charge is 0.396 e. The van der Waals surface area contributed by atoms with Crippen molar-refractivity contribution in [3.63, 3.8) is 0 Å². The fourth-order valence-corrected chi connectivity index (χ4v) is 7.45. The molecule has 3 aliphatic rings. The van der Waals surface area contributed by atoms with Crippen molar-refractivity contribution >= 4 is 0 Å². The SMILES string of the molecule is C=C1CCC2C(CNCc3ccccc3)C(C3(C)CCC(O)CC3CO)CCC12C. The van der Waals surface area contributed by atoms with E-state index in [-0.39, 0.29) is 29.5 Å². The van der Waals surface area contributed by atoms with Gasteiger partial charge < -0.3 is 15.5 Å². The van der Waals surface area contributed by atoms with E-state index in [0.29, 0.717) is 17.8 Å². The van der Waals surface area contributed by atoms with Crippen molar-refractivity contribution in [3.05, 3.63) is 48.0 Å². The molecule has 7 atom stereocenters. The van der Waals surface area contributed by atoms with E-state index in [1.165, 1.54) is 36.8 Å². The first-order valence-corrected chi connectivity index (χ1v) is 12.1. The lowest BCUT2D eigenvalue weighted by atomic mass is 9.49. The van der Waals surface area contributed by atoms with Gasteiger partial charge >= 0.3 is 0 Å². The summed E-state index contributed by atoms with van der Waals surface area (Å²) in [5.74, 6) is 2.07. The first-order chi connectivity index (χ1) is 14.4. The first kappa shape index (κ1) is 22.0. The number of rotatable bonds is 6. The Kier molecular flexibility index (Phi) is 6.44. The minimum atomic E-state index is -0.245. The van der Waals surface area contributed by atoms with E-state index in [0.717, 1.165) is 32.4 Å². The smallest absolute Gasteiger partial charge is 0.0544 e. The third kappa shape index (κ3) is 3.89. The van der Waals surface area contributed by atoms with Crippen molar-refractivity contribution in [2.45, 2.75) is 71.4 Å². The fraction of sp³-hybridized carbons (Fsp3) is 0.704. The van der Waals surface area contributed by atoms with Crippen LogP contribution in [0.1, 0.15) is 64.4 Å². The van der Waals surface area contributed by atoms with Gasteiger partial charge in [0.05, 0.1) is 6.10 Å². The summed E-state index contributed by atoms with van der Waals surface area (Å²) in [6, 6.07) is 10.7. The average molecular weight is 412 g/mol. The number of fused-ring (bicyclic) bond motifs is 1. The van der Waals surface area contributed by atoms with Crippen molar-refractivity contribution in [1.29, 1.82) is 0 Å². The third-order valence-electron chi connectivity index (χ3n) is 9.52. The molecule has 3 aliphatic carbocycles. The van der Waals surface area contributed by atoms with Crippen LogP contribution < -0.4 is 5.32 Å². The molecule has 3 fully saturated rings. The van der Waals surface area contributed by atoms with Gasteiger partial charge in [0.1, 0.15) is 0 Å². The van der Waals surface area contributed by atoms with Crippen molar-refractivity contribution < 1.29 is 10.2 Å². The molecule has 3 N–H and O–H groups in total. The third-order valence-corrected chi connectivity index (χ3v) is 9.52. The molecule has 30 heavy (non-hydrogen) atoms. The van der Waals surface area contributed by atoms with Crippen molar-refractivity contribution in [3.8, 4) is 0 Å². The van der Waals surface area contributed by atoms with Crippen molar-refractivity contribution in [2.75, 3.05) is 13.2 Å². The van der Waals surface area contributed by atoms with Gasteiger partial charge in [-0.15, -0.1) is 0 Å². The molecule has 166 valence electrons. The normalized spacial score (nSPS) is 41.6. The van der Waals surface area contributed by atoms with Crippen LogP contribution in [0.5, 0.6) is 0 Å². The summed E-state index contributed by atoms with van der Waals surface area (Å²) >= 11 is 0. The van der Waals surface area contributed by atoms with Crippen LogP contribution in [0.3, 0.4) is 0 Å². The van der Waals surface area contributed by atoms with Gasteiger partial charge in [0.15, 0.2) is 0 Å². The minimum Gasteiger partial charge on any atom is -0.396 e. The zero-order chi connectivity index (χ0) is 21.4. The Hall–Kier alpha value is -1.16. The number of hydrogen-bond donors (Lipinski definition) is 3. The summed E-state index contributed by atoms with van der Waals surface area (Å²) in [5.41, 5.74) is 3.18. The molecular weight excluding hydrogens is 370 g/mol. The van der Waals surface area contributed by atoms with Crippen LogP contribution in [0.25, 0.3) is 0 Å². The maximum absolute atomic E-state index is 10.3. The second-order valence-corrected chi connectivity index (χ2v) is 10.9. The molecule has 1 aromatic rings. The van der Waals surface area contributed by atoms with Crippen LogP contribution in [0.2, 0.25) is 0 Å². The maximum Gasteiger partial charge on any atom is 0.0544 e. The molecule has 0 heterocycles. The number of aliphatic hydroxyl groups excluding tert-OH is 2. The van der Waals surface area contributed by atoms with Crippen LogP contribution in [-0.4, -0.2) is 29.5 Å². The summed E-state index contributed by atoms with van der Waals surface area (Å²) < 4.78 is 0. The summed E-state index contributed by atoms with van der Waals surface area (Å²) in [4.78, 5) is 0. The molecule has 3 nitrogen and oxygen atoms in total. The molecule has 4 rings (SSSR count). The molecule has 0 aromatic heterocycles. The average Bonchev–Trinajstić information content (AvgIpc) is 3.05. The van der Waals surface area contributed by atoms with E-state index in [1.54, 1.807) is 0 Å². The van der Waals surface area contributed by atoms with E-state index in [1.807, 2.05) is 0 Å². The molecule has 0 spiro atoms. The van der Waals surface area contributed by atoms with E-state index in [2.05, 4.69) is 56.1 Å². The number of aliphatic hydroxyl groups is 2. The molecule has 1 aromatic carbocycles. The van der Waals surface area contributed by atoms with Crippen molar-refractivity contribution in [2.24, 2.45) is 34.5 Å². The number of benzene rings is 1. The predicted octanol–water partition coefficient (Wildman–Crippen LogP) is 4.93. The quantitative estimate of drug-likeness (QED) is 0.582. The predicted molar refractivity (Wildman–Crippen MR) is 123 cm³/mol. The summed E-state index contributed by atoms with van der Waals surface area (Å²) in [7, 11) is 0. The van der Waals surface area contributed by atoms with Gasteiger partial charge in [-0.3, -0.25) is 0 Å². The van der Waals surface area contributed by atoms with Gasteiger partial charge in [-0.1, -0.05) is 56.3 Å². The zero-order valence-electron chi connectivity index (χ0n) is 18.9. The fourth-order valence-electron chi connectivity index (χ4n) is 7.45. The Morgan fingerprint density at radius 1 is 1.07 bits per heavy atom. The second kappa shape index (κ2) is 8.76. The molecule has 0 saturated heterocycles. The molecule has 0 amide bonds. The first-order valence-electron chi connectivity index (χ1n) is 12.1. The van der Waals surface area contributed by atoms with Gasteiger partial charge in [0, 0.05) is 13.2 Å². The van der Waals surface area contributed by atoms with Crippen LogP contribution in [0.4, 0.5) is 0 Å². The molecule has 3 heteroatoms. The molecule has 3 saturated carbocycles. The van der Waals surface area contributed by atoms with Crippen LogP contribution in [0, 0.1) is 34.5 Å². The summed E-state index contributed by atoms with van der Waals surface area (Å²) in [5, 5.41) is 24.3. The van der Waals surface area contributed by atoms with Gasteiger partial charge in [-0.2, -0.15) is 0 Å². The highest BCUT2D eigenvalue weighted by atomic mass is 16.3. The lowest BCUT2D eigenvalue weighted by Crippen LogP contribution is -2.53. The standard InChI is InChI=1S/C27H41NO2/c1-19-9-10-24-23(17-28-16-20-7-5-4-6-8-20)25(12-14-26(19,24)2)27(3)13-11-22(30)15-21(27)18-29/h4-8,21-25,28-30H,1,9-18H2,2-3H3. The number of hydrogen-bond acceptors (Lipinski definition) is 3. The van der Waals surface area contributed by atoms with E-state index < -0.39 is 0 Å². The van der Waals surface area contributed by atoms with Gasteiger partial charge in [0.25, 0.3) is 0 Å². The van der Waals surface area contributed by atoms with E-state index >= 15 is 0 Å². The summed E-state index contributed by atoms with van der Waals surface area (Å²) in [6.07, 6.45) is 7.28. The molecule has 0 aliphatic heterocycles. The molecule has 7 unspecified atom stereocenters. The molecule has 0 bridgehead atoms. The van der Waals surface area contributed by atoms with Crippen molar-refractivity contribution in [1.82, 2.24) is 5.32 Å². The minimum absolute atomic E-state index is 0.109. The highest BCUT2D eigenvalue weighted by Crippen LogP contribution is 2.63. The molecular formula is C27H41NO2. The van der Waals surface area contributed by atoms with E-state index in [9.17, 15) is 10.2 Å². The lowest BCUT2D eigenvalue weighted by Gasteiger charge is -2.56. The lowest BCUT2D eigenvalue weighted by molar-refractivity contribution is -0.0933. The number of nitrogens with one attached hydrogen (secondary N) is 1. The Labute approximate surface area is 183 Å². The second-order valence-electron chi connectivity index (χ2n) is 10.9. The zero-order valence-corrected chi connectivity index (χ0v) is 18.9. The maximum atomic E-state index is 10.3. The highest BCUT2D eigenvalue weighted by molar-refractivity contribution is 5.21. The van der Waals surface area contributed by atoms with E-state index in [4.69, 9.17) is 0 Å². The Balaban J connectivity index is 1.57. The van der Waals surface area contributed by atoms with Gasteiger partial charge in [0.2, 0.25) is 0 Å². The van der Waals surface area contributed by atoms with Crippen LogP contribution in [0.15, 0.2) is 42.5 Å². The Morgan fingerprint density at radius 3 is 2.57 bits per heavy atom. The monoisotopic (exact) mass is 411 g/mol.